The lowest BCUT2D eigenvalue weighted by Gasteiger charge is -2.46. The third kappa shape index (κ3) is 2.76. The van der Waals surface area contributed by atoms with Crippen molar-refractivity contribution in [3.8, 4) is 0 Å². The van der Waals surface area contributed by atoms with Gasteiger partial charge in [0, 0.05) is 18.9 Å². The molecule has 118 valence electrons. The minimum atomic E-state index is -0.445. The Hall–Kier alpha value is -0.870. The van der Waals surface area contributed by atoms with E-state index in [9.17, 15) is 5.11 Å². The van der Waals surface area contributed by atoms with E-state index in [0.29, 0.717) is 0 Å². The van der Waals surface area contributed by atoms with Crippen LogP contribution in [-0.4, -0.2) is 38.2 Å². The van der Waals surface area contributed by atoms with Crippen LogP contribution in [0.25, 0.3) is 0 Å². The average molecular weight is 291 g/mol. The Morgan fingerprint density at radius 3 is 2.57 bits per heavy atom. The predicted octanol–water partition coefficient (Wildman–Crippen LogP) is 3.13. The molecule has 1 atom stereocenters. The van der Waals surface area contributed by atoms with Gasteiger partial charge in [0.1, 0.15) is 11.9 Å². The number of likely N-dealkylation sites (tertiary alicyclic amines) is 1. The van der Waals surface area contributed by atoms with E-state index in [0.717, 1.165) is 44.7 Å². The maximum atomic E-state index is 11.2. The molecule has 0 bridgehead atoms. The molecule has 0 amide bonds. The van der Waals surface area contributed by atoms with E-state index in [1.807, 2.05) is 12.4 Å². The molecule has 4 nitrogen and oxygen atoms in total. The van der Waals surface area contributed by atoms with Gasteiger partial charge < -0.3 is 9.67 Å². The first-order valence-electron chi connectivity index (χ1n) is 8.72. The number of imidazole rings is 1. The summed E-state index contributed by atoms with van der Waals surface area (Å²) in [5.41, 5.74) is -0.0583. The first kappa shape index (κ1) is 15.0. The summed E-state index contributed by atoms with van der Waals surface area (Å²) in [6, 6.07) is 0. The number of rotatable bonds is 5. The van der Waals surface area contributed by atoms with Gasteiger partial charge in [-0.1, -0.05) is 26.2 Å². The molecule has 21 heavy (non-hydrogen) atoms. The Kier molecular flexibility index (Phi) is 4.65. The van der Waals surface area contributed by atoms with Crippen LogP contribution in [0.3, 0.4) is 0 Å². The third-order valence-electron chi connectivity index (χ3n) is 5.42. The van der Waals surface area contributed by atoms with Crippen molar-refractivity contribution in [1.82, 2.24) is 14.5 Å². The molecule has 2 fully saturated rings. The minimum absolute atomic E-state index is 0.0583. The highest BCUT2D eigenvalue weighted by molar-refractivity contribution is 5.10. The summed E-state index contributed by atoms with van der Waals surface area (Å²) in [6.45, 7) is 5.41. The molecule has 1 aromatic rings. The first-order valence-corrected chi connectivity index (χ1v) is 8.72. The molecule has 1 N–H and O–H groups in total. The highest BCUT2D eigenvalue weighted by Gasteiger charge is 2.47. The second-order valence-electron chi connectivity index (χ2n) is 6.74. The lowest BCUT2D eigenvalue weighted by molar-refractivity contribution is -0.0460. The zero-order valence-corrected chi connectivity index (χ0v) is 13.3. The summed E-state index contributed by atoms with van der Waals surface area (Å²) in [5.74, 6) is 0.879. The molecule has 1 aromatic heterocycles. The van der Waals surface area contributed by atoms with Crippen molar-refractivity contribution in [2.45, 2.75) is 76.5 Å². The molecule has 1 aliphatic carbocycles. The Morgan fingerprint density at radius 1 is 1.19 bits per heavy atom. The van der Waals surface area contributed by atoms with Gasteiger partial charge in [0.05, 0.1) is 5.54 Å². The molecule has 1 saturated heterocycles. The predicted molar refractivity (Wildman–Crippen MR) is 84.1 cm³/mol. The molecule has 1 saturated carbocycles. The van der Waals surface area contributed by atoms with Crippen molar-refractivity contribution < 1.29 is 5.11 Å². The number of aromatic nitrogens is 2. The van der Waals surface area contributed by atoms with Crippen LogP contribution in [0.2, 0.25) is 0 Å². The molecule has 3 rings (SSSR count). The van der Waals surface area contributed by atoms with Gasteiger partial charge in [-0.15, -0.1) is 0 Å². The van der Waals surface area contributed by atoms with Crippen molar-refractivity contribution >= 4 is 0 Å². The van der Waals surface area contributed by atoms with Crippen molar-refractivity contribution in [3.05, 3.63) is 18.2 Å². The summed E-state index contributed by atoms with van der Waals surface area (Å²) < 4.78 is 2.15. The van der Waals surface area contributed by atoms with Gasteiger partial charge in [0.25, 0.3) is 0 Å². The van der Waals surface area contributed by atoms with Gasteiger partial charge in [-0.2, -0.15) is 0 Å². The monoisotopic (exact) mass is 291 g/mol. The standard InChI is InChI=1S/C17H29N3O/c1-2-11-19-14-10-18-16(19)15(21)17(8-4-5-9-17)20-12-6-3-7-13-20/h10,14-15,21H,2-9,11-13H2,1H3. The molecular weight excluding hydrogens is 262 g/mol. The average Bonchev–Trinajstić information content (AvgIpc) is 3.18. The molecular formula is C17H29N3O. The maximum Gasteiger partial charge on any atom is 0.139 e. The van der Waals surface area contributed by atoms with Gasteiger partial charge >= 0.3 is 0 Å². The van der Waals surface area contributed by atoms with Crippen LogP contribution in [-0.2, 0) is 6.54 Å². The third-order valence-corrected chi connectivity index (χ3v) is 5.42. The smallest absolute Gasteiger partial charge is 0.139 e. The van der Waals surface area contributed by atoms with E-state index in [2.05, 4.69) is 21.4 Å². The molecule has 0 spiro atoms. The van der Waals surface area contributed by atoms with Crippen LogP contribution in [0, 0.1) is 0 Å². The highest BCUT2D eigenvalue weighted by atomic mass is 16.3. The van der Waals surface area contributed by atoms with Crippen LogP contribution in [0.1, 0.15) is 70.2 Å². The molecule has 1 unspecified atom stereocenters. The van der Waals surface area contributed by atoms with Crippen molar-refractivity contribution in [2.24, 2.45) is 0 Å². The number of piperidine rings is 1. The molecule has 2 aliphatic rings. The first-order chi connectivity index (χ1) is 10.3. The van der Waals surface area contributed by atoms with Crippen LogP contribution < -0.4 is 0 Å². The topological polar surface area (TPSA) is 41.3 Å². The maximum absolute atomic E-state index is 11.2. The van der Waals surface area contributed by atoms with Gasteiger partial charge in [-0.3, -0.25) is 4.90 Å². The second-order valence-corrected chi connectivity index (χ2v) is 6.74. The largest absolute Gasteiger partial charge is 0.383 e. The highest BCUT2D eigenvalue weighted by Crippen LogP contribution is 2.45. The van der Waals surface area contributed by atoms with E-state index in [1.165, 1.54) is 32.1 Å². The van der Waals surface area contributed by atoms with Crippen LogP contribution >= 0.6 is 0 Å². The summed E-state index contributed by atoms with van der Waals surface area (Å²) in [6.07, 6.45) is 13.1. The number of aliphatic hydroxyl groups is 1. The van der Waals surface area contributed by atoms with Gasteiger partial charge in [-0.25, -0.2) is 4.98 Å². The van der Waals surface area contributed by atoms with E-state index in [4.69, 9.17) is 0 Å². The molecule has 2 heterocycles. The fourth-order valence-corrected chi connectivity index (χ4v) is 4.33. The zero-order chi connectivity index (χ0) is 14.7. The van der Waals surface area contributed by atoms with Crippen LogP contribution in [0.4, 0.5) is 0 Å². The van der Waals surface area contributed by atoms with Gasteiger partial charge in [-0.05, 0) is 45.2 Å². The molecule has 1 aliphatic heterocycles. The summed E-state index contributed by atoms with van der Waals surface area (Å²) in [7, 11) is 0. The van der Waals surface area contributed by atoms with Crippen molar-refractivity contribution in [2.75, 3.05) is 13.1 Å². The van der Waals surface area contributed by atoms with Gasteiger partial charge in [0.2, 0.25) is 0 Å². The zero-order valence-electron chi connectivity index (χ0n) is 13.3. The SMILES string of the molecule is CCCn1ccnc1C(O)C1(N2CCCCC2)CCCC1. The number of aryl methyl sites for hydroxylation is 1. The molecule has 0 radical (unpaired) electrons. The fraction of sp³-hybridized carbons (Fsp3) is 0.824. The van der Waals surface area contributed by atoms with E-state index < -0.39 is 6.10 Å². The lowest BCUT2D eigenvalue weighted by atomic mass is 9.85. The Morgan fingerprint density at radius 2 is 1.90 bits per heavy atom. The molecule has 4 heteroatoms. The van der Waals surface area contributed by atoms with Crippen molar-refractivity contribution in [1.29, 1.82) is 0 Å². The number of hydrogen-bond acceptors (Lipinski definition) is 3. The summed E-state index contributed by atoms with van der Waals surface area (Å²) >= 11 is 0. The number of aliphatic hydroxyl groups excluding tert-OH is 1. The Labute approximate surface area is 128 Å². The fourth-order valence-electron chi connectivity index (χ4n) is 4.33. The minimum Gasteiger partial charge on any atom is -0.383 e. The van der Waals surface area contributed by atoms with E-state index in [-0.39, 0.29) is 5.54 Å². The van der Waals surface area contributed by atoms with E-state index in [1.54, 1.807) is 0 Å². The van der Waals surface area contributed by atoms with Crippen LogP contribution in [0.15, 0.2) is 12.4 Å². The second kappa shape index (κ2) is 6.49. The van der Waals surface area contributed by atoms with Gasteiger partial charge in [0.15, 0.2) is 0 Å². The quantitative estimate of drug-likeness (QED) is 0.906. The lowest BCUT2D eigenvalue weighted by Crippen LogP contribution is -2.53. The van der Waals surface area contributed by atoms with E-state index >= 15 is 0 Å². The summed E-state index contributed by atoms with van der Waals surface area (Å²) in [5, 5.41) is 11.2. The number of hydrogen-bond donors (Lipinski definition) is 1. The number of nitrogens with zero attached hydrogens (tertiary/aromatic N) is 3. The normalized spacial score (nSPS) is 24.3. The summed E-state index contributed by atoms with van der Waals surface area (Å²) in [4.78, 5) is 7.09. The van der Waals surface area contributed by atoms with Crippen LogP contribution in [0.5, 0.6) is 0 Å². The Balaban J connectivity index is 1.87. The Bertz CT molecular complexity index is 445. The van der Waals surface area contributed by atoms with Crippen molar-refractivity contribution in [3.63, 3.8) is 0 Å². The molecule has 0 aromatic carbocycles.